The Morgan fingerprint density at radius 2 is 1.87 bits per heavy atom. The maximum Gasteiger partial charge on any atom is 0.266 e. The molecule has 2 aliphatic rings. The number of rotatable bonds is 3. The Hall–Kier alpha value is -2.53. The van der Waals surface area contributed by atoms with Crippen molar-refractivity contribution < 1.29 is 4.79 Å². The Bertz CT molecular complexity index is 1060. The van der Waals surface area contributed by atoms with Crippen molar-refractivity contribution in [2.45, 2.75) is 58.5 Å². The van der Waals surface area contributed by atoms with E-state index in [1.165, 1.54) is 23.0 Å². The number of hydrogen-bond donors (Lipinski definition) is 0. The molecule has 31 heavy (non-hydrogen) atoms. The summed E-state index contributed by atoms with van der Waals surface area (Å²) in [5.74, 6) is 0.471. The fourth-order valence-electron chi connectivity index (χ4n) is 4.95. The number of fused-ring (bicyclic) bond motifs is 1. The number of amides is 1. The van der Waals surface area contributed by atoms with E-state index in [1.54, 1.807) is 11.9 Å². The first-order valence-corrected chi connectivity index (χ1v) is 11.7. The van der Waals surface area contributed by atoms with E-state index >= 15 is 0 Å². The van der Waals surface area contributed by atoms with Gasteiger partial charge in [0.15, 0.2) is 5.17 Å². The quantitative estimate of drug-likeness (QED) is 0.524. The van der Waals surface area contributed by atoms with Crippen LogP contribution in [0, 0.1) is 0 Å². The fraction of sp³-hybridized carbons (Fsp3) is 0.385. The van der Waals surface area contributed by atoms with Crippen LogP contribution in [0.1, 0.15) is 58.1 Å². The normalized spacial score (nSPS) is 23.2. The highest BCUT2D eigenvalue weighted by molar-refractivity contribution is 8.18. The summed E-state index contributed by atoms with van der Waals surface area (Å²) in [6.45, 7) is 11.5. The number of thioether (sulfide) groups is 1. The van der Waals surface area contributed by atoms with E-state index in [1.807, 2.05) is 36.4 Å². The van der Waals surface area contributed by atoms with Gasteiger partial charge in [0.25, 0.3) is 5.91 Å². The number of benzene rings is 2. The monoisotopic (exact) mass is 433 g/mol. The first-order valence-electron chi connectivity index (χ1n) is 10.9. The second-order valence-corrected chi connectivity index (χ2v) is 10.4. The zero-order valence-corrected chi connectivity index (χ0v) is 20.0. The molecule has 2 aromatic rings. The molecule has 0 spiro atoms. The van der Waals surface area contributed by atoms with Gasteiger partial charge in [-0.2, -0.15) is 0 Å². The second-order valence-electron chi connectivity index (χ2n) is 9.40. The zero-order chi connectivity index (χ0) is 22.3. The van der Waals surface area contributed by atoms with Crippen molar-refractivity contribution in [2.24, 2.45) is 4.99 Å². The lowest BCUT2D eigenvalue weighted by Crippen LogP contribution is -2.51. The predicted molar refractivity (Wildman–Crippen MR) is 133 cm³/mol. The van der Waals surface area contributed by atoms with Gasteiger partial charge >= 0.3 is 0 Å². The van der Waals surface area contributed by atoms with Crippen molar-refractivity contribution in [3.63, 3.8) is 0 Å². The average molecular weight is 434 g/mol. The van der Waals surface area contributed by atoms with Gasteiger partial charge < -0.3 is 4.90 Å². The molecule has 0 bridgehead atoms. The first kappa shape index (κ1) is 21.7. The highest BCUT2D eigenvalue weighted by Crippen LogP contribution is 2.45. The summed E-state index contributed by atoms with van der Waals surface area (Å²) in [4.78, 5) is 22.4. The SMILES string of the molecule is CC1CC(C)(C)N(C(C)C)c2ccc(/C=C3\SC(=Nc4ccccc4)N(C)C3=O)cc21. The Morgan fingerprint density at radius 1 is 1.16 bits per heavy atom. The van der Waals surface area contributed by atoms with E-state index in [2.05, 4.69) is 62.7 Å². The van der Waals surface area contributed by atoms with Crippen molar-refractivity contribution >= 4 is 40.3 Å². The van der Waals surface area contributed by atoms with Crippen LogP contribution in [-0.2, 0) is 4.79 Å². The van der Waals surface area contributed by atoms with Gasteiger partial charge in [0.05, 0.1) is 10.6 Å². The molecule has 1 saturated heterocycles. The summed E-state index contributed by atoms with van der Waals surface area (Å²) < 4.78 is 0. The summed E-state index contributed by atoms with van der Waals surface area (Å²) in [5, 5.41) is 0.710. The maximum atomic E-state index is 12.8. The molecule has 0 N–H and O–H groups in total. The average Bonchev–Trinajstić information content (AvgIpc) is 2.96. The minimum absolute atomic E-state index is 0.00427. The van der Waals surface area contributed by atoms with E-state index in [9.17, 15) is 4.79 Å². The largest absolute Gasteiger partial charge is 0.364 e. The number of aliphatic imine (C=N–C) groups is 1. The Labute approximate surface area is 190 Å². The van der Waals surface area contributed by atoms with E-state index in [0.29, 0.717) is 22.0 Å². The summed E-state index contributed by atoms with van der Waals surface area (Å²) in [6, 6.07) is 16.8. The number of likely N-dealkylation sites (N-methyl/N-ethyl adjacent to an activating group) is 1. The van der Waals surface area contributed by atoms with Gasteiger partial charge in [0, 0.05) is 24.3 Å². The van der Waals surface area contributed by atoms with Gasteiger partial charge in [0.2, 0.25) is 0 Å². The Morgan fingerprint density at radius 3 is 2.55 bits per heavy atom. The van der Waals surface area contributed by atoms with Crippen molar-refractivity contribution in [3.05, 3.63) is 64.6 Å². The second kappa shape index (κ2) is 8.19. The molecule has 0 aliphatic carbocycles. The van der Waals surface area contributed by atoms with Crippen LogP contribution in [0.3, 0.4) is 0 Å². The molecule has 2 aromatic carbocycles. The molecule has 0 aromatic heterocycles. The Balaban J connectivity index is 1.66. The van der Waals surface area contributed by atoms with Gasteiger partial charge in [0.1, 0.15) is 0 Å². The molecular formula is C26H31N3OS. The Kier molecular flexibility index (Phi) is 5.73. The van der Waals surface area contributed by atoms with Crippen molar-refractivity contribution in [3.8, 4) is 0 Å². The molecule has 5 heteroatoms. The topological polar surface area (TPSA) is 35.9 Å². The minimum Gasteiger partial charge on any atom is -0.364 e. The number of hydrogen-bond acceptors (Lipinski definition) is 4. The van der Waals surface area contributed by atoms with Gasteiger partial charge in [-0.25, -0.2) is 4.99 Å². The molecule has 2 heterocycles. The third-order valence-electron chi connectivity index (χ3n) is 6.10. The molecule has 0 radical (unpaired) electrons. The molecule has 162 valence electrons. The van der Waals surface area contributed by atoms with Gasteiger partial charge in [-0.05, 0) is 93.3 Å². The lowest BCUT2D eigenvalue weighted by molar-refractivity contribution is -0.121. The lowest BCUT2D eigenvalue weighted by Gasteiger charge is -2.50. The number of carbonyl (C=O) groups is 1. The van der Waals surface area contributed by atoms with E-state index in [0.717, 1.165) is 17.7 Å². The van der Waals surface area contributed by atoms with E-state index in [4.69, 9.17) is 0 Å². The van der Waals surface area contributed by atoms with Crippen molar-refractivity contribution in [2.75, 3.05) is 11.9 Å². The number of amidine groups is 1. The third-order valence-corrected chi connectivity index (χ3v) is 7.16. The highest BCUT2D eigenvalue weighted by Gasteiger charge is 2.37. The van der Waals surface area contributed by atoms with Gasteiger partial charge in [-0.1, -0.05) is 31.2 Å². The zero-order valence-electron chi connectivity index (χ0n) is 19.2. The van der Waals surface area contributed by atoms with Gasteiger partial charge in [-0.3, -0.25) is 9.69 Å². The highest BCUT2D eigenvalue weighted by atomic mass is 32.2. The molecule has 2 aliphatic heterocycles. The molecule has 4 nitrogen and oxygen atoms in total. The summed E-state index contributed by atoms with van der Waals surface area (Å²) in [7, 11) is 1.79. The number of nitrogens with zero attached hydrogens (tertiary/aromatic N) is 3. The maximum absolute atomic E-state index is 12.8. The molecule has 1 fully saturated rings. The predicted octanol–water partition coefficient (Wildman–Crippen LogP) is 6.42. The summed E-state index contributed by atoms with van der Waals surface area (Å²) in [5.41, 5.74) is 4.73. The molecule has 0 saturated carbocycles. The van der Waals surface area contributed by atoms with Crippen LogP contribution in [0.15, 0.2) is 58.4 Å². The smallest absolute Gasteiger partial charge is 0.266 e. The minimum atomic E-state index is -0.00427. The number of anilines is 1. The molecular weight excluding hydrogens is 402 g/mol. The molecule has 1 atom stereocenters. The van der Waals surface area contributed by atoms with Crippen molar-refractivity contribution in [1.82, 2.24) is 4.90 Å². The summed E-state index contributed by atoms with van der Waals surface area (Å²) >= 11 is 1.44. The lowest BCUT2D eigenvalue weighted by atomic mass is 9.79. The number of para-hydroxylation sites is 1. The van der Waals surface area contributed by atoms with Crippen LogP contribution in [0.4, 0.5) is 11.4 Å². The fourth-order valence-corrected chi connectivity index (χ4v) is 5.94. The van der Waals surface area contributed by atoms with Crippen LogP contribution in [0.2, 0.25) is 0 Å². The van der Waals surface area contributed by atoms with Crippen LogP contribution in [0.5, 0.6) is 0 Å². The third kappa shape index (κ3) is 4.16. The van der Waals surface area contributed by atoms with E-state index in [-0.39, 0.29) is 11.4 Å². The van der Waals surface area contributed by atoms with E-state index < -0.39 is 0 Å². The van der Waals surface area contributed by atoms with Crippen LogP contribution >= 0.6 is 11.8 Å². The van der Waals surface area contributed by atoms with Crippen LogP contribution < -0.4 is 4.90 Å². The van der Waals surface area contributed by atoms with Gasteiger partial charge in [-0.15, -0.1) is 0 Å². The molecule has 4 rings (SSSR count). The molecule has 1 unspecified atom stereocenters. The number of carbonyl (C=O) groups excluding carboxylic acids is 1. The van der Waals surface area contributed by atoms with Crippen LogP contribution in [-0.4, -0.2) is 34.6 Å². The van der Waals surface area contributed by atoms with Crippen molar-refractivity contribution in [1.29, 1.82) is 0 Å². The standard InChI is InChI=1S/C26H31N3OS/c1-17(2)29-22-13-12-19(14-21(22)18(3)16-26(29,4)5)15-23-24(30)28(6)25(31-23)27-20-10-8-7-9-11-20/h7-15,17-18H,16H2,1-6H3/b23-15-,27-25?. The molecule has 1 amide bonds. The first-order chi connectivity index (χ1) is 14.7. The van der Waals surface area contributed by atoms with Crippen LogP contribution in [0.25, 0.3) is 6.08 Å². The summed E-state index contributed by atoms with van der Waals surface area (Å²) in [6.07, 6.45) is 3.12.